The standard InChI is InChI=1S/C16H32O5P.3Y/c1-6-10-16(11-7-2,12-8-3)14-20-13-15(9-4)21-22(17,18)19-5;;;/h15H,1-3,6-14H2,4-5H3,(H,17,18);;;/q-3;;;. The van der Waals surface area contributed by atoms with Crippen LogP contribution in [0.3, 0.4) is 0 Å². The van der Waals surface area contributed by atoms with Crippen molar-refractivity contribution in [2.45, 2.75) is 58.0 Å². The van der Waals surface area contributed by atoms with Gasteiger partial charge in [-0.05, 0) is 11.8 Å². The van der Waals surface area contributed by atoms with Crippen molar-refractivity contribution in [3.05, 3.63) is 20.8 Å². The first kappa shape index (κ1) is 35.8. The zero-order valence-corrected chi connectivity index (χ0v) is 25.2. The minimum Gasteiger partial charge on any atom is -0.378 e. The summed E-state index contributed by atoms with van der Waals surface area (Å²) in [6.07, 6.45) is 5.52. The molecule has 0 heterocycles. The van der Waals surface area contributed by atoms with Crippen LogP contribution in [0.5, 0.6) is 0 Å². The van der Waals surface area contributed by atoms with Crippen LogP contribution in [0.1, 0.15) is 51.9 Å². The van der Waals surface area contributed by atoms with Gasteiger partial charge in [0.05, 0.1) is 19.3 Å². The van der Waals surface area contributed by atoms with Crippen LogP contribution >= 0.6 is 7.82 Å². The molecule has 0 aromatic carbocycles. The summed E-state index contributed by atoms with van der Waals surface area (Å²) >= 11 is 0. The Morgan fingerprint density at radius 1 is 1.04 bits per heavy atom. The Bertz CT molecular complexity index is 318. The average molecular weight is 602 g/mol. The number of phosphoric acid groups is 1. The topological polar surface area (TPSA) is 65.0 Å². The van der Waals surface area contributed by atoms with E-state index in [2.05, 4.69) is 25.3 Å². The van der Waals surface area contributed by atoms with Gasteiger partial charge < -0.3 is 30.4 Å². The van der Waals surface area contributed by atoms with Crippen LogP contribution < -0.4 is 0 Å². The van der Waals surface area contributed by atoms with Crippen molar-refractivity contribution in [3.8, 4) is 0 Å². The van der Waals surface area contributed by atoms with Crippen molar-refractivity contribution < 1.29 is 121 Å². The van der Waals surface area contributed by atoms with Gasteiger partial charge in [0, 0.05) is 105 Å². The third-order valence-corrected chi connectivity index (χ3v) is 4.83. The average Bonchev–Trinajstić information content (AvgIpc) is 2.47. The Labute approximate surface area is 230 Å². The molecule has 0 rings (SSSR count). The van der Waals surface area contributed by atoms with Crippen LogP contribution in [-0.2, 0) is 116 Å². The van der Waals surface area contributed by atoms with Gasteiger partial charge in [-0.15, -0.1) is 0 Å². The van der Waals surface area contributed by atoms with E-state index in [4.69, 9.17) is 9.26 Å². The van der Waals surface area contributed by atoms with Crippen molar-refractivity contribution in [1.82, 2.24) is 0 Å². The quantitative estimate of drug-likeness (QED) is 0.237. The molecule has 2 atom stereocenters. The van der Waals surface area contributed by atoms with Gasteiger partial charge in [-0.1, -0.05) is 26.2 Å². The van der Waals surface area contributed by atoms with Crippen LogP contribution in [0.15, 0.2) is 0 Å². The first-order valence-corrected chi connectivity index (χ1v) is 9.40. The zero-order valence-electron chi connectivity index (χ0n) is 15.8. The van der Waals surface area contributed by atoms with Crippen molar-refractivity contribution in [1.29, 1.82) is 0 Å². The second-order valence-corrected chi connectivity index (χ2v) is 7.13. The Balaban J connectivity index is -0.000000735. The summed E-state index contributed by atoms with van der Waals surface area (Å²) < 4.78 is 26.8. The van der Waals surface area contributed by atoms with E-state index >= 15 is 0 Å². The molecule has 0 aliphatic rings. The molecule has 0 spiro atoms. The molecular weight excluding hydrogens is 570 g/mol. The third-order valence-electron chi connectivity index (χ3n) is 3.80. The fourth-order valence-corrected chi connectivity index (χ4v) is 3.25. The first-order valence-electron chi connectivity index (χ1n) is 7.91. The summed E-state index contributed by atoms with van der Waals surface area (Å²) in [6, 6.07) is 0. The molecule has 0 saturated carbocycles. The first-order chi connectivity index (χ1) is 10.4. The van der Waals surface area contributed by atoms with E-state index in [0.717, 1.165) is 45.6 Å². The summed E-state index contributed by atoms with van der Waals surface area (Å²) in [5.74, 6) is 0. The van der Waals surface area contributed by atoms with E-state index in [9.17, 15) is 9.46 Å². The van der Waals surface area contributed by atoms with Crippen LogP contribution in [0.4, 0.5) is 0 Å². The summed E-state index contributed by atoms with van der Waals surface area (Å²) in [5, 5.41) is 0. The molecule has 0 fully saturated rings. The maximum absolute atomic E-state index is 11.5. The van der Waals surface area contributed by atoms with Crippen molar-refractivity contribution in [2.24, 2.45) is 5.41 Å². The molecular formula is C16H32O5PY3-3. The van der Waals surface area contributed by atoms with Crippen LogP contribution in [0.2, 0.25) is 0 Å². The Kier molecular flexibility index (Phi) is 29.6. The number of hydrogen-bond donors (Lipinski definition) is 1. The number of rotatable bonds is 14. The predicted molar refractivity (Wildman–Crippen MR) is 89.0 cm³/mol. The second kappa shape index (κ2) is 20.6. The zero-order chi connectivity index (χ0) is 17.1. The van der Waals surface area contributed by atoms with Gasteiger partial charge in [-0.3, -0.25) is 9.05 Å². The molecule has 143 valence electrons. The minimum atomic E-state index is -3.98. The molecule has 25 heavy (non-hydrogen) atoms. The van der Waals surface area contributed by atoms with Gasteiger partial charge in [-0.2, -0.15) is 19.3 Å². The monoisotopic (exact) mass is 602 g/mol. The summed E-state index contributed by atoms with van der Waals surface area (Å²) in [6.45, 7) is 14.5. The number of phosphoric ester groups is 1. The van der Waals surface area contributed by atoms with E-state index in [1.165, 1.54) is 0 Å². The van der Waals surface area contributed by atoms with E-state index in [0.29, 0.717) is 13.0 Å². The largest absolute Gasteiger partial charge is 0.472 e. The molecule has 5 nitrogen and oxygen atoms in total. The van der Waals surface area contributed by atoms with E-state index in [-0.39, 0.29) is 110 Å². The predicted octanol–water partition coefficient (Wildman–Crippen LogP) is 4.37. The van der Waals surface area contributed by atoms with Crippen molar-refractivity contribution in [2.75, 3.05) is 20.3 Å². The normalized spacial score (nSPS) is 14.5. The molecule has 0 amide bonds. The van der Waals surface area contributed by atoms with Gasteiger partial charge in [0.2, 0.25) is 0 Å². The molecule has 3 radical (unpaired) electrons. The second-order valence-electron chi connectivity index (χ2n) is 5.61. The number of hydrogen-bond acceptors (Lipinski definition) is 4. The van der Waals surface area contributed by atoms with Gasteiger partial charge in [0.25, 0.3) is 0 Å². The molecule has 0 saturated heterocycles. The third kappa shape index (κ3) is 16.8. The Morgan fingerprint density at radius 2 is 1.48 bits per heavy atom. The molecule has 0 aromatic rings. The van der Waals surface area contributed by atoms with Gasteiger partial charge in [-0.25, -0.2) is 4.57 Å². The van der Waals surface area contributed by atoms with Gasteiger partial charge >= 0.3 is 7.82 Å². The van der Waals surface area contributed by atoms with E-state index in [1.807, 2.05) is 6.92 Å². The maximum atomic E-state index is 11.5. The SMILES string of the molecule is [CH2-]CCC(CC[CH2-])(CC[CH2-])COCC(CC)OP(=O)(O)OC.[Y].[Y].[Y]. The van der Waals surface area contributed by atoms with Gasteiger partial charge in [0.15, 0.2) is 0 Å². The Morgan fingerprint density at radius 3 is 1.80 bits per heavy atom. The number of ether oxygens (including phenoxy) is 1. The molecule has 0 aromatic heterocycles. The molecule has 0 aliphatic carbocycles. The fourth-order valence-electron chi connectivity index (χ4n) is 2.58. The van der Waals surface area contributed by atoms with Crippen LogP contribution in [0.25, 0.3) is 0 Å². The molecule has 0 aliphatic heterocycles. The van der Waals surface area contributed by atoms with E-state index in [1.54, 1.807) is 0 Å². The summed E-state index contributed by atoms with van der Waals surface area (Å²) in [5.41, 5.74) is 0.0354. The van der Waals surface area contributed by atoms with Crippen molar-refractivity contribution >= 4 is 7.82 Å². The molecule has 9 heteroatoms. The molecule has 0 bridgehead atoms. The summed E-state index contributed by atoms with van der Waals surface area (Å²) in [7, 11) is -2.83. The van der Waals surface area contributed by atoms with Gasteiger partial charge in [0.1, 0.15) is 0 Å². The van der Waals surface area contributed by atoms with Crippen LogP contribution in [-0.4, -0.2) is 31.3 Å². The summed E-state index contributed by atoms with van der Waals surface area (Å²) in [4.78, 5) is 9.37. The minimum absolute atomic E-state index is 0. The smallest absolute Gasteiger partial charge is 0.378 e. The maximum Gasteiger partial charge on any atom is 0.472 e. The van der Waals surface area contributed by atoms with Crippen LogP contribution in [0, 0.1) is 26.2 Å². The molecule has 1 N–H and O–H groups in total. The van der Waals surface area contributed by atoms with Crippen molar-refractivity contribution in [3.63, 3.8) is 0 Å². The fraction of sp³-hybridized carbons (Fsp3) is 0.812. The molecule has 2 unspecified atom stereocenters. The van der Waals surface area contributed by atoms with E-state index < -0.39 is 13.9 Å². The Hall–Kier alpha value is 3.38.